The highest BCUT2D eigenvalue weighted by Gasteiger charge is 2.37. The summed E-state index contributed by atoms with van der Waals surface area (Å²) in [5.74, 6) is -0.412. The van der Waals surface area contributed by atoms with Gasteiger partial charge in [0.05, 0.1) is 37.3 Å². The van der Waals surface area contributed by atoms with Crippen LogP contribution < -0.4 is 10.5 Å². The van der Waals surface area contributed by atoms with Gasteiger partial charge in [-0.3, -0.25) is 5.10 Å². The van der Waals surface area contributed by atoms with Crippen LogP contribution in [-0.2, 0) is 0 Å². The zero-order chi connectivity index (χ0) is 20.0. The van der Waals surface area contributed by atoms with Gasteiger partial charge in [0.2, 0.25) is 11.8 Å². The van der Waals surface area contributed by atoms with E-state index in [2.05, 4.69) is 16.3 Å². The molecule has 0 amide bonds. The first-order chi connectivity index (χ1) is 13.4. The number of rotatable bonds is 2. The third-order valence-corrected chi connectivity index (χ3v) is 6.01. The van der Waals surface area contributed by atoms with Crippen molar-refractivity contribution >= 4 is 46.4 Å². The molecule has 0 spiro atoms. The van der Waals surface area contributed by atoms with Gasteiger partial charge in [-0.1, -0.05) is 64.6 Å². The fourth-order valence-electron chi connectivity index (χ4n) is 3.17. The highest BCUT2D eigenvalue weighted by Crippen LogP contribution is 2.48. The molecule has 1 aromatic heterocycles. The van der Waals surface area contributed by atoms with Gasteiger partial charge in [0.15, 0.2) is 0 Å². The van der Waals surface area contributed by atoms with E-state index in [0.717, 1.165) is 0 Å². The Morgan fingerprint density at radius 1 is 1.07 bits per heavy atom. The van der Waals surface area contributed by atoms with E-state index in [4.69, 9.17) is 56.9 Å². The van der Waals surface area contributed by atoms with Crippen molar-refractivity contribution < 1.29 is 4.74 Å². The number of fused-ring (bicyclic) bond motifs is 1. The molecule has 1 aliphatic heterocycles. The molecule has 2 aromatic carbocycles. The Hall–Kier alpha value is -2.36. The van der Waals surface area contributed by atoms with Crippen molar-refractivity contribution in [2.45, 2.75) is 5.92 Å². The number of nitrogens with zero attached hydrogens (tertiary/aromatic N) is 2. The Morgan fingerprint density at radius 3 is 2.57 bits per heavy atom. The number of aromatic amines is 1. The second-order valence-corrected chi connectivity index (χ2v) is 7.61. The topological polar surface area (TPSA) is 87.7 Å². The second-order valence-electron chi connectivity index (χ2n) is 6.01. The monoisotopic (exact) mass is 450 g/mol. The minimum absolute atomic E-state index is 0.0387. The summed E-state index contributed by atoms with van der Waals surface area (Å²) >= 11 is 24.9. The lowest BCUT2D eigenvalue weighted by molar-refractivity contribution is 0.379. The average Bonchev–Trinajstić information content (AvgIpc) is 3.08. The lowest BCUT2D eigenvalue weighted by Gasteiger charge is -2.25. The highest BCUT2D eigenvalue weighted by atomic mass is 35.5. The quantitative estimate of drug-likeness (QED) is 0.506. The first kappa shape index (κ1) is 19.0. The molecular weight excluding hydrogens is 442 g/mol. The number of ether oxygens (including phenoxy) is 1. The maximum atomic E-state index is 9.75. The molecule has 0 saturated heterocycles. The number of H-pyrrole nitrogens is 1. The van der Waals surface area contributed by atoms with Gasteiger partial charge in [0, 0.05) is 5.56 Å². The molecule has 0 aliphatic carbocycles. The Morgan fingerprint density at radius 2 is 1.86 bits per heavy atom. The molecule has 2 heterocycles. The molecule has 28 heavy (non-hydrogen) atoms. The average molecular weight is 452 g/mol. The summed E-state index contributed by atoms with van der Waals surface area (Å²) in [6, 6.07) is 12.5. The van der Waals surface area contributed by atoms with Crippen LogP contribution in [0.25, 0.3) is 11.3 Å². The number of allylic oxidation sites excluding steroid dienone is 1. The molecule has 3 aromatic rings. The Labute approximate surface area is 180 Å². The summed E-state index contributed by atoms with van der Waals surface area (Å²) in [4.78, 5) is 0. The Balaban J connectivity index is 1.99. The molecule has 0 bridgehead atoms. The van der Waals surface area contributed by atoms with Gasteiger partial charge in [0.1, 0.15) is 11.6 Å². The van der Waals surface area contributed by atoms with Crippen LogP contribution in [0.1, 0.15) is 17.0 Å². The zero-order valence-corrected chi connectivity index (χ0v) is 17.0. The van der Waals surface area contributed by atoms with Crippen molar-refractivity contribution in [3.8, 4) is 23.2 Å². The van der Waals surface area contributed by atoms with Crippen molar-refractivity contribution in [1.82, 2.24) is 10.2 Å². The van der Waals surface area contributed by atoms with Crippen LogP contribution in [0.3, 0.4) is 0 Å². The maximum absolute atomic E-state index is 9.75. The van der Waals surface area contributed by atoms with Crippen LogP contribution in [0.15, 0.2) is 47.9 Å². The van der Waals surface area contributed by atoms with Crippen LogP contribution in [-0.4, -0.2) is 10.2 Å². The number of halogens is 4. The van der Waals surface area contributed by atoms with Crippen LogP contribution in [0.2, 0.25) is 20.1 Å². The first-order valence-electron chi connectivity index (χ1n) is 7.97. The molecular formula is C19H10Cl4N4O. The summed E-state index contributed by atoms with van der Waals surface area (Å²) in [5, 5.41) is 18.4. The number of nitriles is 1. The number of nitrogens with one attached hydrogen (secondary N) is 1. The van der Waals surface area contributed by atoms with Gasteiger partial charge >= 0.3 is 0 Å². The molecule has 0 saturated carbocycles. The fraction of sp³-hybridized carbons (Fsp3) is 0.0526. The van der Waals surface area contributed by atoms with Crippen molar-refractivity contribution in [1.29, 1.82) is 5.26 Å². The van der Waals surface area contributed by atoms with Crippen LogP contribution in [0, 0.1) is 11.3 Å². The van der Waals surface area contributed by atoms with E-state index < -0.39 is 5.92 Å². The van der Waals surface area contributed by atoms with Crippen molar-refractivity contribution in [2.75, 3.05) is 0 Å². The second kappa shape index (κ2) is 7.23. The van der Waals surface area contributed by atoms with Gasteiger partial charge in [0.25, 0.3) is 0 Å². The zero-order valence-electron chi connectivity index (χ0n) is 13.9. The lowest BCUT2D eigenvalue weighted by Crippen LogP contribution is -2.21. The Bertz CT molecular complexity index is 1180. The van der Waals surface area contributed by atoms with E-state index in [9.17, 15) is 5.26 Å². The highest BCUT2D eigenvalue weighted by molar-refractivity contribution is 6.43. The van der Waals surface area contributed by atoms with Crippen molar-refractivity contribution in [2.24, 2.45) is 5.73 Å². The molecule has 0 radical (unpaired) electrons. The SMILES string of the molecule is N#CC1=C(N)Oc2n[nH]c(-c3ccc(Cl)c(Cl)c3)c2[C@@H]1c1cccc(Cl)c1Cl. The van der Waals surface area contributed by atoms with E-state index in [0.29, 0.717) is 42.5 Å². The molecule has 5 nitrogen and oxygen atoms in total. The molecule has 1 atom stereocenters. The van der Waals surface area contributed by atoms with Gasteiger partial charge < -0.3 is 10.5 Å². The van der Waals surface area contributed by atoms with Crippen LogP contribution in [0.5, 0.6) is 5.88 Å². The third kappa shape index (κ3) is 2.99. The van der Waals surface area contributed by atoms with E-state index in [1.54, 1.807) is 36.4 Å². The largest absolute Gasteiger partial charge is 0.420 e. The summed E-state index contributed by atoms with van der Waals surface area (Å²) < 4.78 is 5.57. The minimum Gasteiger partial charge on any atom is -0.420 e. The van der Waals surface area contributed by atoms with Crippen molar-refractivity contribution in [3.05, 3.63) is 79.1 Å². The van der Waals surface area contributed by atoms with Gasteiger partial charge in [-0.25, -0.2) is 0 Å². The smallest absolute Gasteiger partial charge is 0.244 e. The lowest BCUT2D eigenvalue weighted by atomic mass is 9.83. The molecule has 140 valence electrons. The van der Waals surface area contributed by atoms with Gasteiger partial charge in [-0.2, -0.15) is 5.26 Å². The standard InChI is InChI=1S/C19H10Cl4N4O/c20-11-5-4-8(6-13(11)22)17-15-14(9-2-1-3-12(21)16(9)23)10(7-24)18(25)28-19(15)27-26-17/h1-6,14H,25H2,(H,26,27)/t14-/m1/s1. The normalized spacial score (nSPS) is 15.8. The predicted octanol–water partition coefficient (Wildman–Crippen LogP) is 5.91. The number of hydrogen-bond donors (Lipinski definition) is 2. The van der Waals surface area contributed by atoms with Crippen LogP contribution >= 0.6 is 46.4 Å². The van der Waals surface area contributed by atoms with E-state index in [1.165, 1.54) is 0 Å². The summed E-state index contributed by atoms with van der Waals surface area (Å²) in [6.07, 6.45) is 0. The molecule has 3 N–H and O–H groups in total. The maximum Gasteiger partial charge on any atom is 0.244 e. The van der Waals surface area contributed by atoms with E-state index in [-0.39, 0.29) is 17.3 Å². The van der Waals surface area contributed by atoms with E-state index in [1.807, 2.05) is 0 Å². The molecule has 0 fully saturated rings. The van der Waals surface area contributed by atoms with Gasteiger partial charge in [-0.15, -0.1) is 5.10 Å². The van der Waals surface area contributed by atoms with Crippen LogP contribution in [0.4, 0.5) is 0 Å². The predicted molar refractivity (Wildman–Crippen MR) is 110 cm³/mol. The Kier molecular flexibility index (Phi) is 4.90. The summed E-state index contributed by atoms with van der Waals surface area (Å²) in [6.45, 7) is 0. The summed E-state index contributed by atoms with van der Waals surface area (Å²) in [7, 11) is 0. The number of benzene rings is 2. The number of aromatic nitrogens is 2. The molecule has 0 unspecified atom stereocenters. The number of nitrogens with two attached hydrogens (primary N) is 1. The summed E-state index contributed by atoms with van der Waals surface area (Å²) in [5.41, 5.74) is 8.72. The third-order valence-electron chi connectivity index (χ3n) is 4.44. The minimum atomic E-state index is -0.622. The molecule has 9 heteroatoms. The first-order valence-corrected chi connectivity index (χ1v) is 9.48. The number of hydrogen-bond acceptors (Lipinski definition) is 4. The fourth-order valence-corrected chi connectivity index (χ4v) is 3.89. The molecule has 1 aliphatic rings. The van der Waals surface area contributed by atoms with E-state index >= 15 is 0 Å². The van der Waals surface area contributed by atoms with Gasteiger partial charge in [-0.05, 0) is 23.8 Å². The molecule has 4 rings (SSSR count). The van der Waals surface area contributed by atoms with Crippen molar-refractivity contribution in [3.63, 3.8) is 0 Å².